The Labute approximate surface area is 209 Å². The maximum absolute atomic E-state index is 2.49. The molecule has 0 atom stereocenters. The van der Waals surface area contributed by atoms with Crippen LogP contribution in [0.15, 0.2) is 115 Å². The molecule has 7 aromatic rings. The van der Waals surface area contributed by atoms with Crippen molar-refractivity contribution in [2.45, 2.75) is 6.92 Å². The highest BCUT2D eigenvalue weighted by molar-refractivity contribution is 6.11. The van der Waals surface area contributed by atoms with Gasteiger partial charge in [0, 0.05) is 23.1 Å². The summed E-state index contributed by atoms with van der Waals surface area (Å²) >= 11 is 0. The third kappa shape index (κ3) is 2.61. The van der Waals surface area contributed by atoms with E-state index in [-0.39, 0.29) is 0 Å². The standard InChI is InChI=1S/C34H24N2/c1-2-35-32-19-25-12-5-3-10-23(25)17-28(32)29-18-24-11-4-6-13-26(24)20-33(29)36-31-16-15-22-9-7-8-14-27(22)30(31)21-34(35)36/h3-21H,2H2,1H3. The van der Waals surface area contributed by atoms with Gasteiger partial charge in [-0.1, -0.05) is 78.9 Å². The lowest BCUT2D eigenvalue weighted by Crippen LogP contribution is -2.18. The molecule has 6 aromatic carbocycles. The van der Waals surface area contributed by atoms with Crippen LogP contribution in [0.2, 0.25) is 0 Å². The molecule has 0 aliphatic carbocycles. The molecule has 0 amide bonds. The molecule has 170 valence electrons. The number of fused-ring (bicyclic) bond motifs is 11. The lowest BCUT2D eigenvalue weighted by Gasteiger charge is -2.24. The Kier molecular flexibility index (Phi) is 3.96. The number of benzene rings is 6. The van der Waals surface area contributed by atoms with Gasteiger partial charge in [0.2, 0.25) is 0 Å². The van der Waals surface area contributed by atoms with Crippen LogP contribution in [-0.2, 0) is 0 Å². The zero-order chi connectivity index (χ0) is 23.8. The molecule has 1 aliphatic rings. The van der Waals surface area contributed by atoms with E-state index in [4.69, 9.17) is 0 Å². The summed E-state index contributed by atoms with van der Waals surface area (Å²) in [6.45, 7) is 3.14. The minimum Gasteiger partial charge on any atom is -0.327 e. The lowest BCUT2D eigenvalue weighted by atomic mass is 9.95. The van der Waals surface area contributed by atoms with Crippen molar-refractivity contribution in [3.8, 4) is 16.8 Å². The molecule has 0 radical (unpaired) electrons. The van der Waals surface area contributed by atoms with E-state index >= 15 is 0 Å². The van der Waals surface area contributed by atoms with Crippen LogP contribution in [0.25, 0.3) is 60.0 Å². The first kappa shape index (κ1) is 19.7. The summed E-state index contributed by atoms with van der Waals surface area (Å²) in [5.41, 5.74) is 6.31. The molecule has 0 spiro atoms. The fourth-order valence-corrected chi connectivity index (χ4v) is 6.15. The van der Waals surface area contributed by atoms with Crippen LogP contribution < -0.4 is 4.90 Å². The maximum atomic E-state index is 2.49. The fourth-order valence-electron chi connectivity index (χ4n) is 6.15. The van der Waals surface area contributed by atoms with E-state index in [9.17, 15) is 0 Å². The van der Waals surface area contributed by atoms with Crippen LogP contribution in [-0.4, -0.2) is 11.1 Å². The first-order chi connectivity index (χ1) is 17.8. The van der Waals surface area contributed by atoms with Crippen molar-refractivity contribution in [3.05, 3.63) is 115 Å². The van der Waals surface area contributed by atoms with Crippen molar-refractivity contribution in [1.82, 2.24) is 4.57 Å². The van der Waals surface area contributed by atoms with Crippen LogP contribution in [0, 0.1) is 0 Å². The average Bonchev–Trinajstić information content (AvgIpc) is 3.27. The SMILES string of the molecule is CCN1c2cc3ccccc3cc2-c2cc3ccccc3cc2-n2c1cc1c3ccccc3ccc12. The van der Waals surface area contributed by atoms with Crippen LogP contribution >= 0.6 is 0 Å². The molecule has 0 N–H and O–H groups in total. The number of nitrogens with zero attached hydrogens (tertiary/aromatic N) is 2. The van der Waals surface area contributed by atoms with Gasteiger partial charge in [-0.3, -0.25) is 4.57 Å². The second-order valence-corrected chi connectivity index (χ2v) is 9.73. The monoisotopic (exact) mass is 460 g/mol. The van der Waals surface area contributed by atoms with E-state index < -0.39 is 0 Å². The van der Waals surface area contributed by atoms with Crippen LogP contribution in [0.5, 0.6) is 0 Å². The van der Waals surface area contributed by atoms with Crippen LogP contribution in [0.1, 0.15) is 6.92 Å². The van der Waals surface area contributed by atoms with E-state index in [1.54, 1.807) is 0 Å². The number of anilines is 2. The summed E-state index contributed by atoms with van der Waals surface area (Å²) in [5.74, 6) is 1.22. The largest absolute Gasteiger partial charge is 0.327 e. The summed E-state index contributed by atoms with van der Waals surface area (Å²) in [4.78, 5) is 2.49. The molecular weight excluding hydrogens is 436 g/mol. The van der Waals surface area contributed by atoms with E-state index in [0.717, 1.165) is 6.54 Å². The highest BCUT2D eigenvalue weighted by Crippen LogP contribution is 2.48. The predicted molar refractivity (Wildman–Crippen MR) is 154 cm³/mol. The van der Waals surface area contributed by atoms with Crippen molar-refractivity contribution >= 4 is 54.7 Å². The Bertz CT molecular complexity index is 1990. The van der Waals surface area contributed by atoms with Gasteiger partial charge in [0.05, 0.1) is 16.9 Å². The number of aromatic nitrogens is 1. The highest BCUT2D eigenvalue weighted by Gasteiger charge is 2.27. The molecule has 2 nitrogen and oxygen atoms in total. The van der Waals surface area contributed by atoms with Gasteiger partial charge >= 0.3 is 0 Å². The van der Waals surface area contributed by atoms with E-state index in [2.05, 4.69) is 132 Å². The average molecular weight is 461 g/mol. The lowest BCUT2D eigenvalue weighted by molar-refractivity contribution is 0.970. The quantitative estimate of drug-likeness (QED) is 0.237. The Morgan fingerprint density at radius 2 is 1.06 bits per heavy atom. The zero-order valence-electron chi connectivity index (χ0n) is 20.1. The summed E-state index contributed by atoms with van der Waals surface area (Å²) < 4.78 is 2.48. The molecule has 0 fully saturated rings. The smallest absolute Gasteiger partial charge is 0.118 e. The van der Waals surface area contributed by atoms with E-state index in [1.807, 2.05) is 0 Å². The molecule has 0 saturated carbocycles. The minimum atomic E-state index is 0.882. The molecule has 1 aliphatic heterocycles. The third-order valence-electron chi connectivity index (χ3n) is 7.83. The van der Waals surface area contributed by atoms with Crippen LogP contribution in [0.3, 0.4) is 0 Å². The Morgan fingerprint density at radius 1 is 0.500 bits per heavy atom. The number of hydrogen-bond acceptors (Lipinski definition) is 1. The minimum absolute atomic E-state index is 0.882. The van der Waals surface area contributed by atoms with E-state index in [0.29, 0.717) is 0 Å². The van der Waals surface area contributed by atoms with Gasteiger partial charge < -0.3 is 4.90 Å². The third-order valence-corrected chi connectivity index (χ3v) is 7.83. The van der Waals surface area contributed by atoms with Gasteiger partial charge in [0.15, 0.2) is 0 Å². The second kappa shape index (κ2) is 7.22. The Morgan fingerprint density at radius 3 is 1.72 bits per heavy atom. The first-order valence-corrected chi connectivity index (χ1v) is 12.7. The van der Waals surface area contributed by atoms with Crippen molar-refractivity contribution in [2.75, 3.05) is 11.4 Å². The Hall–Kier alpha value is -4.56. The summed E-state index contributed by atoms with van der Waals surface area (Å²) in [6.07, 6.45) is 0. The van der Waals surface area contributed by atoms with Gasteiger partial charge in [-0.2, -0.15) is 0 Å². The van der Waals surface area contributed by atoms with Crippen molar-refractivity contribution in [3.63, 3.8) is 0 Å². The molecular formula is C34H24N2. The molecule has 1 aromatic heterocycles. The molecule has 0 unspecified atom stereocenters. The highest BCUT2D eigenvalue weighted by atomic mass is 15.3. The first-order valence-electron chi connectivity index (χ1n) is 12.7. The summed E-state index contributed by atoms with van der Waals surface area (Å²) in [6, 6.07) is 42.6. The molecule has 2 heteroatoms. The van der Waals surface area contributed by atoms with Crippen LogP contribution in [0.4, 0.5) is 11.5 Å². The van der Waals surface area contributed by atoms with Crippen molar-refractivity contribution in [1.29, 1.82) is 0 Å². The summed E-state index contributed by atoms with van der Waals surface area (Å²) in [7, 11) is 0. The van der Waals surface area contributed by atoms with E-state index in [1.165, 1.54) is 71.5 Å². The molecule has 36 heavy (non-hydrogen) atoms. The second-order valence-electron chi connectivity index (χ2n) is 9.73. The van der Waals surface area contributed by atoms with Crippen molar-refractivity contribution in [2.24, 2.45) is 0 Å². The number of hydrogen-bond donors (Lipinski definition) is 0. The summed E-state index contributed by atoms with van der Waals surface area (Å²) in [5, 5.41) is 8.94. The normalized spacial score (nSPS) is 12.6. The molecule has 2 heterocycles. The van der Waals surface area contributed by atoms with Gasteiger partial charge in [0.25, 0.3) is 0 Å². The van der Waals surface area contributed by atoms with Gasteiger partial charge in [0.1, 0.15) is 5.82 Å². The fraction of sp³-hybridized carbons (Fsp3) is 0.0588. The predicted octanol–water partition coefficient (Wildman–Crippen LogP) is 9.23. The molecule has 0 bridgehead atoms. The number of rotatable bonds is 1. The maximum Gasteiger partial charge on any atom is 0.118 e. The van der Waals surface area contributed by atoms with Gasteiger partial charge in [-0.05, 0) is 75.6 Å². The van der Waals surface area contributed by atoms with Gasteiger partial charge in [-0.15, -0.1) is 0 Å². The zero-order valence-corrected chi connectivity index (χ0v) is 20.1. The van der Waals surface area contributed by atoms with Crippen molar-refractivity contribution < 1.29 is 0 Å². The molecule has 8 rings (SSSR count). The topological polar surface area (TPSA) is 8.17 Å². The molecule has 0 saturated heterocycles. The Balaban J connectivity index is 1.59. The van der Waals surface area contributed by atoms with Gasteiger partial charge in [-0.25, -0.2) is 0 Å².